The summed E-state index contributed by atoms with van der Waals surface area (Å²) in [6.07, 6.45) is -0.520. The first-order valence-electron chi connectivity index (χ1n) is 6.89. The minimum Gasteiger partial charge on any atom is -0.481 e. The van der Waals surface area contributed by atoms with E-state index >= 15 is 0 Å². The molecule has 1 aliphatic heterocycles. The lowest BCUT2D eigenvalue weighted by atomic mass is 10.1. The molecule has 1 unspecified atom stereocenters. The van der Waals surface area contributed by atoms with Gasteiger partial charge in [0.2, 0.25) is 0 Å². The van der Waals surface area contributed by atoms with Crippen molar-refractivity contribution in [3.63, 3.8) is 0 Å². The Hall–Kier alpha value is -1.75. The van der Waals surface area contributed by atoms with Crippen molar-refractivity contribution in [1.82, 2.24) is 4.90 Å². The summed E-state index contributed by atoms with van der Waals surface area (Å²) in [5.74, 6) is 0.661. The predicted molar refractivity (Wildman–Crippen MR) is 77.8 cm³/mol. The quantitative estimate of drug-likeness (QED) is 0.851. The molecule has 1 amide bonds. The van der Waals surface area contributed by atoms with Gasteiger partial charge in [-0.25, -0.2) is 0 Å². The second-order valence-corrected chi connectivity index (χ2v) is 5.17. The Balaban J connectivity index is 2.05. The summed E-state index contributed by atoms with van der Waals surface area (Å²) >= 11 is 0. The smallest absolute Gasteiger partial charge is 0.263 e. The van der Waals surface area contributed by atoms with E-state index in [0.29, 0.717) is 37.7 Å². The Morgan fingerprint density at radius 1 is 1.30 bits per heavy atom. The molecule has 0 aromatic heterocycles. The van der Waals surface area contributed by atoms with Crippen molar-refractivity contribution in [3.05, 3.63) is 23.3 Å². The number of carbonyl (C=O) groups is 1. The maximum absolute atomic E-state index is 12.3. The molecule has 0 aliphatic carbocycles. The van der Waals surface area contributed by atoms with Crippen molar-refractivity contribution in [3.8, 4) is 5.75 Å². The first-order chi connectivity index (χ1) is 9.49. The van der Waals surface area contributed by atoms with Crippen LogP contribution in [0.1, 0.15) is 18.1 Å². The lowest BCUT2D eigenvalue weighted by Crippen LogP contribution is -2.46. The van der Waals surface area contributed by atoms with Gasteiger partial charge in [-0.05, 0) is 31.9 Å². The predicted octanol–water partition coefficient (Wildman–Crippen LogP) is 1.51. The minimum atomic E-state index is -0.520. The second-order valence-electron chi connectivity index (χ2n) is 5.17. The number of morpholine rings is 1. The van der Waals surface area contributed by atoms with Crippen LogP contribution in [0.3, 0.4) is 0 Å². The van der Waals surface area contributed by atoms with Gasteiger partial charge < -0.3 is 20.1 Å². The molecular weight excluding hydrogens is 256 g/mol. The van der Waals surface area contributed by atoms with Gasteiger partial charge in [0.1, 0.15) is 5.75 Å². The fraction of sp³-hybridized carbons (Fsp3) is 0.533. The van der Waals surface area contributed by atoms with Gasteiger partial charge >= 0.3 is 0 Å². The number of ether oxygens (including phenoxy) is 2. The van der Waals surface area contributed by atoms with Crippen molar-refractivity contribution in [2.75, 3.05) is 32.0 Å². The number of hydrogen-bond acceptors (Lipinski definition) is 4. The van der Waals surface area contributed by atoms with Crippen LogP contribution in [0.25, 0.3) is 0 Å². The van der Waals surface area contributed by atoms with E-state index in [4.69, 9.17) is 15.2 Å². The third-order valence-electron chi connectivity index (χ3n) is 3.54. The molecule has 20 heavy (non-hydrogen) atoms. The first-order valence-corrected chi connectivity index (χ1v) is 6.89. The number of rotatable bonds is 3. The maximum atomic E-state index is 12.3. The fourth-order valence-electron chi connectivity index (χ4n) is 2.26. The number of nitrogens with two attached hydrogens (primary N) is 1. The van der Waals surface area contributed by atoms with Crippen LogP contribution >= 0.6 is 0 Å². The summed E-state index contributed by atoms with van der Waals surface area (Å²) in [7, 11) is 0. The Kier molecular flexibility index (Phi) is 4.49. The lowest BCUT2D eigenvalue weighted by Gasteiger charge is -2.29. The second kappa shape index (κ2) is 6.13. The number of benzene rings is 1. The first kappa shape index (κ1) is 14.7. The maximum Gasteiger partial charge on any atom is 0.263 e. The molecule has 1 heterocycles. The topological polar surface area (TPSA) is 64.8 Å². The highest BCUT2D eigenvalue weighted by molar-refractivity contribution is 5.81. The van der Waals surface area contributed by atoms with Crippen molar-refractivity contribution < 1.29 is 14.3 Å². The van der Waals surface area contributed by atoms with Crippen LogP contribution in [0.5, 0.6) is 5.75 Å². The van der Waals surface area contributed by atoms with Gasteiger partial charge in [0.15, 0.2) is 6.10 Å². The van der Waals surface area contributed by atoms with Gasteiger partial charge in [-0.1, -0.05) is 6.07 Å². The number of carbonyl (C=O) groups excluding carboxylic acids is 1. The SMILES string of the molecule is Cc1cc(C)c(OC(C)C(=O)N2CCOCC2)cc1N. The summed E-state index contributed by atoms with van der Waals surface area (Å²) in [6, 6.07) is 3.75. The highest BCUT2D eigenvalue weighted by Gasteiger charge is 2.24. The summed E-state index contributed by atoms with van der Waals surface area (Å²) in [5.41, 5.74) is 8.57. The average Bonchev–Trinajstić information content (AvgIpc) is 2.44. The Morgan fingerprint density at radius 3 is 2.60 bits per heavy atom. The van der Waals surface area contributed by atoms with Gasteiger partial charge in [0.05, 0.1) is 13.2 Å². The van der Waals surface area contributed by atoms with Crippen molar-refractivity contribution in [2.24, 2.45) is 0 Å². The normalized spacial score (nSPS) is 16.9. The molecule has 1 aromatic rings. The largest absolute Gasteiger partial charge is 0.481 e. The van der Waals surface area contributed by atoms with Crippen LogP contribution in [0.15, 0.2) is 12.1 Å². The number of hydrogen-bond donors (Lipinski definition) is 1. The van der Waals surface area contributed by atoms with Gasteiger partial charge in [0.25, 0.3) is 5.91 Å². The highest BCUT2D eigenvalue weighted by Crippen LogP contribution is 2.25. The average molecular weight is 278 g/mol. The zero-order chi connectivity index (χ0) is 14.7. The number of amides is 1. The summed E-state index contributed by atoms with van der Waals surface area (Å²) < 4.78 is 11.0. The van der Waals surface area contributed by atoms with Crippen LogP contribution in [0.2, 0.25) is 0 Å². The molecule has 1 aromatic carbocycles. The number of anilines is 1. The summed E-state index contributed by atoms with van der Waals surface area (Å²) in [6.45, 7) is 8.11. The molecule has 5 nitrogen and oxygen atoms in total. The molecule has 1 aliphatic rings. The Morgan fingerprint density at radius 2 is 1.95 bits per heavy atom. The standard InChI is InChI=1S/C15H22N2O3/c1-10-8-11(2)14(9-13(10)16)20-12(3)15(18)17-4-6-19-7-5-17/h8-9,12H,4-7,16H2,1-3H3. The molecule has 0 spiro atoms. The summed E-state index contributed by atoms with van der Waals surface area (Å²) in [5, 5.41) is 0. The summed E-state index contributed by atoms with van der Waals surface area (Å²) in [4.78, 5) is 14.1. The van der Waals surface area contributed by atoms with E-state index in [1.807, 2.05) is 19.9 Å². The molecule has 1 atom stereocenters. The molecule has 0 radical (unpaired) electrons. The molecule has 1 saturated heterocycles. The van der Waals surface area contributed by atoms with Gasteiger partial charge in [-0.2, -0.15) is 0 Å². The molecule has 110 valence electrons. The van der Waals surface area contributed by atoms with Crippen LogP contribution in [0, 0.1) is 13.8 Å². The molecule has 0 saturated carbocycles. The van der Waals surface area contributed by atoms with E-state index in [1.54, 1.807) is 17.9 Å². The van der Waals surface area contributed by atoms with E-state index in [1.165, 1.54) is 0 Å². The molecule has 1 fully saturated rings. The van der Waals surface area contributed by atoms with E-state index in [-0.39, 0.29) is 5.91 Å². The third-order valence-corrected chi connectivity index (χ3v) is 3.54. The van der Waals surface area contributed by atoms with Crippen LogP contribution < -0.4 is 10.5 Å². The highest BCUT2D eigenvalue weighted by atomic mass is 16.5. The van der Waals surface area contributed by atoms with Crippen molar-refractivity contribution in [2.45, 2.75) is 26.9 Å². The van der Waals surface area contributed by atoms with Crippen molar-refractivity contribution in [1.29, 1.82) is 0 Å². The van der Waals surface area contributed by atoms with E-state index < -0.39 is 6.10 Å². The molecule has 2 rings (SSSR count). The van der Waals surface area contributed by atoms with Crippen LogP contribution in [-0.2, 0) is 9.53 Å². The molecular formula is C15H22N2O3. The zero-order valence-corrected chi connectivity index (χ0v) is 12.3. The van der Waals surface area contributed by atoms with Gasteiger partial charge in [0, 0.05) is 24.8 Å². The Labute approximate surface area is 119 Å². The number of nitrogen functional groups attached to an aromatic ring is 1. The van der Waals surface area contributed by atoms with Gasteiger partial charge in [-0.3, -0.25) is 4.79 Å². The lowest BCUT2D eigenvalue weighted by molar-refractivity contribution is -0.142. The van der Waals surface area contributed by atoms with Crippen LogP contribution in [-0.4, -0.2) is 43.2 Å². The van der Waals surface area contributed by atoms with E-state index in [2.05, 4.69) is 0 Å². The monoisotopic (exact) mass is 278 g/mol. The third kappa shape index (κ3) is 3.22. The van der Waals surface area contributed by atoms with E-state index in [0.717, 1.165) is 11.1 Å². The van der Waals surface area contributed by atoms with Crippen molar-refractivity contribution >= 4 is 11.6 Å². The zero-order valence-electron chi connectivity index (χ0n) is 12.3. The minimum absolute atomic E-state index is 0.00755. The molecule has 0 bridgehead atoms. The van der Waals surface area contributed by atoms with Crippen LogP contribution in [0.4, 0.5) is 5.69 Å². The van der Waals surface area contributed by atoms with E-state index in [9.17, 15) is 4.79 Å². The molecule has 5 heteroatoms. The number of aryl methyl sites for hydroxylation is 2. The fourth-order valence-corrected chi connectivity index (χ4v) is 2.26. The van der Waals surface area contributed by atoms with Gasteiger partial charge in [-0.15, -0.1) is 0 Å². The molecule has 2 N–H and O–H groups in total. The number of nitrogens with zero attached hydrogens (tertiary/aromatic N) is 1. The Bertz CT molecular complexity index is 496.